The summed E-state index contributed by atoms with van der Waals surface area (Å²) in [6, 6.07) is 3.70. The third kappa shape index (κ3) is 7.40. The zero-order valence-corrected chi connectivity index (χ0v) is 14.0. The number of benzene rings is 1. The first-order valence-corrected chi connectivity index (χ1v) is 8.38. The van der Waals surface area contributed by atoms with Crippen LogP contribution < -0.4 is 0 Å². The Bertz CT molecular complexity index is 524. The van der Waals surface area contributed by atoms with Crippen LogP contribution in [0.15, 0.2) is 24.3 Å². The molecule has 0 aliphatic rings. The van der Waals surface area contributed by atoms with Crippen molar-refractivity contribution in [1.29, 1.82) is 0 Å². The molecule has 0 saturated heterocycles. The van der Waals surface area contributed by atoms with E-state index in [-0.39, 0.29) is 5.97 Å². The quantitative estimate of drug-likeness (QED) is 0.410. The number of allylic oxidation sites excluding steroid dienone is 2. The fourth-order valence-electron chi connectivity index (χ4n) is 2.34. The highest BCUT2D eigenvalue weighted by Crippen LogP contribution is 2.24. The summed E-state index contributed by atoms with van der Waals surface area (Å²) in [6.07, 6.45) is 7.26. The molecular formula is C19H26F2O2. The lowest BCUT2D eigenvalue weighted by Gasteiger charge is -2.08. The van der Waals surface area contributed by atoms with Gasteiger partial charge in [-0.15, -0.1) is 0 Å². The minimum atomic E-state index is -0.562. The second kappa shape index (κ2) is 10.9. The van der Waals surface area contributed by atoms with Gasteiger partial charge in [-0.05, 0) is 49.8 Å². The number of hydrogen-bond donors (Lipinski definition) is 0. The summed E-state index contributed by atoms with van der Waals surface area (Å²) in [6.45, 7) is 4.46. The molecule has 0 saturated carbocycles. The van der Waals surface area contributed by atoms with Crippen molar-refractivity contribution in [2.45, 2.75) is 58.8 Å². The van der Waals surface area contributed by atoms with Crippen LogP contribution in [-0.4, -0.2) is 12.6 Å². The van der Waals surface area contributed by atoms with Gasteiger partial charge in [0.2, 0.25) is 0 Å². The molecule has 0 bridgehead atoms. The summed E-state index contributed by atoms with van der Waals surface area (Å²) in [4.78, 5) is 11.4. The molecule has 0 N–H and O–H groups in total. The third-order valence-corrected chi connectivity index (χ3v) is 3.49. The molecule has 0 atom stereocenters. The van der Waals surface area contributed by atoms with E-state index >= 15 is 0 Å². The normalized spacial score (nSPS) is 11.6. The van der Waals surface area contributed by atoms with E-state index < -0.39 is 11.6 Å². The summed E-state index contributed by atoms with van der Waals surface area (Å²) >= 11 is 0. The Morgan fingerprint density at radius 2 is 1.91 bits per heavy atom. The van der Waals surface area contributed by atoms with Crippen LogP contribution in [0.5, 0.6) is 0 Å². The van der Waals surface area contributed by atoms with Crippen LogP contribution in [0.3, 0.4) is 0 Å². The molecule has 0 spiro atoms. The van der Waals surface area contributed by atoms with E-state index in [1.165, 1.54) is 12.1 Å². The predicted molar refractivity (Wildman–Crippen MR) is 89.0 cm³/mol. The van der Waals surface area contributed by atoms with E-state index in [1.807, 2.05) is 19.9 Å². The number of ether oxygens (including phenoxy) is 1. The van der Waals surface area contributed by atoms with E-state index in [0.29, 0.717) is 18.6 Å². The first kappa shape index (κ1) is 19.3. The van der Waals surface area contributed by atoms with Crippen molar-refractivity contribution in [1.82, 2.24) is 0 Å². The summed E-state index contributed by atoms with van der Waals surface area (Å²) in [5, 5.41) is 0. The second-order valence-electron chi connectivity index (χ2n) is 5.57. The number of esters is 1. The van der Waals surface area contributed by atoms with Gasteiger partial charge in [-0.2, -0.15) is 0 Å². The lowest BCUT2D eigenvalue weighted by molar-refractivity contribution is -0.143. The average molecular weight is 324 g/mol. The van der Waals surface area contributed by atoms with Crippen molar-refractivity contribution in [3.8, 4) is 0 Å². The van der Waals surface area contributed by atoms with Gasteiger partial charge in [-0.1, -0.05) is 26.3 Å². The van der Waals surface area contributed by atoms with E-state index in [2.05, 4.69) is 0 Å². The van der Waals surface area contributed by atoms with Gasteiger partial charge in [-0.3, -0.25) is 4.79 Å². The van der Waals surface area contributed by atoms with Crippen LogP contribution in [0.1, 0.15) is 64.4 Å². The van der Waals surface area contributed by atoms with Gasteiger partial charge >= 0.3 is 5.97 Å². The molecule has 0 radical (unpaired) electrons. The molecule has 128 valence electrons. The molecule has 0 aromatic heterocycles. The Hall–Kier alpha value is -1.71. The zero-order chi connectivity index (χ0) is 17.1. The summed E-state index contributed by atoms with van der Waals surface area (Å²) in [7, 11) is 0. The third-order valence-electron chi connectivity index (χ3n) is 3.49. The van der Waals surface area contributed by atoms with Crippen LogP contribution >= 0.6 is 0 Å². The molecular weight excluding hydrogens is 298 g/mol. The van der Waals surface area contributed by atoms with Gasteiger partial charge < -0.3 is 4.74 Å². The van der Waals surface area contributed by atoms with Crippen molar-refractivity contribution >= 4 is 11.5 Å². The number of rotatable bonds is 10. The maximum atomic E-state index is 13.9. The molecule has 0 unspecified atom stereocenters. The van der Waals surface area contributed by atoms with Crippen LogP contribution in [0, 0.1) is 11.6 Å². The molecule has 2 nitrogen and oxygen atoms in total. The number of unbranched alkanes of at least 4 members (excludes halogenated alkanes) is 2. The van der Waals surface area contributed by atoms with Gasteiger partial charge in [0.15, 0.2) is 0 Å². The molecule has 4 heteroatoms. The largest absolute Gasteiger partial charge is 0.466 e. The van der Waals surface area contributed by atoms with E-state index in [9.17, 15) is 13.6 Å². The van der Waals surface area contributed by atoms with Gasteiger partial charge in [0.05, 0.1) is 6.61 Å². The van der Waals surface area contributed by atoms with Gasteiger partial charge in [-0.25, -0.2) is 8.78 Å². The Labute approximate surface area is 137 Å². The molecule has 0 aliphatic heterocycles. The van der Waals surface area contributed by atoms with E-state index in [0.717, 1.165) is 50.2 Å². The maximum Gasteiger partial charge on any atom is 0.305 e. The lowest BCUT2D eigenvalue weighted by Crippen LogP contribution is -2.04. The van der Waals surface area contributed by atoms with Crippen molar-refractivity contribution in [3.05, 3.63) is 41.5 Å². The standard InChI is InChI=1S/C19H26F2O2/c1-3-8-15(17-12-11-16(20)14-18(17)21)9-6-5-7-10-19(22)23-13-4-2/h9,11-12,14H,3-8,10,13H2,1-2H3. The predicted octanol–water partition coefficient (Wildman–Crippen LogP) is 5.66. The molecule has 1 rings (SSSR count). The summed E-state index contributed by atoms with van der Waals surface area (Å²) < 4.78 is 31.9. The topological polar surface area (TPSA) is 26.3 Å². The Kier molecular flexibility index (Phi) is 9.18. The first-order chi connectivity index (χ1) is 11.1. The fourth-order valence-corrected chi connectivity index (χ4v) is 2.34. The summed E-state index contributed by atoms with van der Waals surface area (Å²) in [5.74, 6) is -1.24. The minimum absolute atomic E-state index is 0.158. The van der Waals surface area contributed by atoms with Crippen molar-refractivity contribution in [3.63, 3.8) is 0 Å². The zero-order valence-electron chi connectivity index (χ0n) is 14.0. The highest BCUT2D eigenvalue weighted by Gasteiger charge is 2.08. The number of carbonyl (C=O) groups excluding carboxylic acids is 1. The highest BCUT2D eigenvalue weighted by atomic mass is 19.1. The van der Waals surface area contributed by atoms with Crippen LogP contribution in [0.25, 0.3) is 5.57 Å². The van der Waals surface area contributed by atoms with E-state index in [1.54, 1.807) is 0 Å². The van der Waals surface area contributed by atoms with Crippen molar-refractivity contribution in [2.75, 3.05) is 6.61 Å². The van der Waals surface area contributed by atoms with Crippen molar-refractivity contribution in [2.24, 2.45) is 0 Å². The van der Waals surface area contributed by atoms with Crippen molar-refractivity contribution < 1.29 is 18.3 Å². The van der Waals surface area contributed by atoms with Gasteiger partial charge in [0.25, 0.3) is 0 Å². The van der Waals surface area contributed by atoms with E-state index in [4.69, 9.17) is 4.74 Å². The Morgan fingerprint density at radius 3 is 2.57 bits per heavy atom. The molecule has 0 aliphatic carbocycles. The summed E-state index contributed by atoms with van der Waals surface area (Å²) in [5.41, 5.74) is 1.37. The number of carbonyl (C=O) groups is 1. The smallest absolute Gasteiger partial charge is 0.305 e. The SMILES string of the molecule is CCCOC(=O)CCCCC=C(CCC)c1ccc(F)cc1F. The van der Waals surface area contributed by atoms with Crippen LogP contribution in [0.4, 0.5) is 8.78 Å². The monoisotopic (exact) mass is 324 g/mol. The maximum absolute atomic E-state index is 13.9. The highest BCUT2D eigenvalue weighted by molar-refractivity contribution is 5.69. The second-order valence-corrected chi connectivity index (χ2v) is 5.57. The minimum Gasteiger partial charge on any atom is -0.466 e. The van der Waals surface area contributed by atoms with Gasteiger partial charge in [0, 0.05) is 18.1 Å². The lowest BCUT2D eigenvalue weighted by atomic mass is 9.98. The number of hydrogen-bond acceptors (Lipinski definition) is 2. The Balaban J connectivity index is 2.51. The molecule has 0 amide bonds. The molecule has 1 aromatic carbocycles. The first-order valence-electron chi connectivity index (χ1n) is 8.38. The molecule has 23 heavy (non-hydrogen) atoms. The molecule has 0 heterocycles. The number of halogens is 2. The molecule has 0 fully saturated rings. The fraction of sp³-hybridized carbons (Fsp3) is 0.526. The van der Waals surface area contributed by atoms with Crippen LogP contribution in [-0.2, 0) is 9.53 Å². The molecule has 1 aromatic rings. The average Bonchev–Trinajstić information content (AvgIpc) is 2.52. The van der Waals surface area contributed by atoms with Crippen LogP contribution in [0.2, 0.25) is 0 Å². The van der Waals surface area contributed by atoms with Gasteiger partial charge in [0.1, 0.15) is 11.6 Å². The Morgan fingerprint density at radius 1 is 1.13 bits per heavy atom.